The number of hydrogen-bond donors (Lipinski definition) is 2. The number of benzene rings is 1. The fourth-order valence-corrected chi connectivity index (χ4v) is 2.66. The Morgan fingerprint density at radius 1 is 1.33 bits per heavy atom. The van der Waals surface area contributed by atoms with Crippen LogP contribution in [0.25, 0.3) is 0 Å². The third-order valence-electron chi connectivity index (χ3n) is 3.75. The zero-order chi connectivity index (χ0) is 19.8. The van der Waals surface area contributed by atoms with Crippen LogP contribution in [-0.4, -0.2) is 27.9 Å². The Bertz CT molecular complexity index is 896. The Morgan fingerprint density at radius 2 is 2.04 bits per heavy atom. The smallest absolute Gasteiger partial charge is 0.442 e. The quantitative estimate of drug-likeness (QED) is 0.817. The summed E-state index contributed by atoms with van der Waals surface area (Å²) in [7, 11) is 0. The van der Waals surface area contributed by atoms with E-state index in [1.54, 1.807) is 24.3 Å². The molecule has 0 saturated carbocycles. The lowest BCUT2D eigenvalue weighted by Gasteiger charge is -2.33. The van der Waals surface area contributed by atoms with E-state index in [2.05, 4.69) is 5.43 Å². The van der Waals surface area contributed by atoms with Crippen molar-refractivity contribution in [2.24, 2.45) is 0 Å². The average molecular weight is 403 g/mol. The van der Waals surface area contributed by atoms with Crippen LogP contribution in [0, 0.1) is 0 Å². The van der Waals surface area contributed by atoms with Gasteiger partial charge in [0.1, 0.15) is 18.1 Å². The van der Waals surface area contributed by atoms with Crippen LogP contribution in [0.15, 0.2) is 52.6 Å². The molecule has 1 atom stereocenters. The zero-order valence-corrected chi connectivity index (χ0v) is 14.6. The Kier molecular flexibility index (Phi) is 4.83. The van der Waals surface area contributed by atoms with Crippen molar-refractivity contribution in [3.05, 3.63) is 64.7 Å². The molecule has 2 N–H and O–H groups in total. The fourth-order valence-electron chi connectivity index (χ4n) is 2.47. The van der Waals surface area contributed by atoms with Gasteiger partial charge >= 0.3 is 12.1 Å². The first kappa shape index (κ1) is 19.1. The van der Waals surface area contributed by atoms with E-state index in [-0.39, 0.29) is 23.1 Å². The van der Waals surface area contributed by atoms with Crippen molar-refractivity contribution in [3.8, 4) is 5.75 Å². The number of aliphatic hydroxyl groups is 1. The topological polar surface area (TPSA) is 74.9 Å². The fraction of sp³-hybridized carbons (Fsp3) is 0.235. The molecule has 144 valence electrons. The van der Waals surface area contributed by atoms with Crippen molar-refractivity contribution in [3.63, 3.8) is 0 Å². The molecule has 1 aliphatic rings. The van der Waals surface area contributed by atoms with Crippen LogP contribution in [0.5, 0.6) is 5.75 Å². The van der Waals surface area contributed by atoms with Gasteiger partial charge in [-0.25, -0.2) is 5.01 Å². The molecule has 1 amide bonds. The van der Waals surface area contributed by atoms with Gasteiger partial charge in [0.05, 0.1) is 5.02 Å². The van der Waals surface area contributed by atoms with Crippen molar-refractivity contribution in [1.82, 2.24) is 10.4 Å². The van der Waals surface area contributed by atoms with E-state index in [1.165, 1.54) is 19.1 Å². The van der Waals surface area contributed by atoms with Crippen LogP contribution in [0.1, 0.15) is 23.2 Å². The van der Waals surface area contributed by atoms with Gasteiger partial charge < -0.3 is 14.3 Å². The molecule has 0 aliphatic carbocycles. The number of carbonyl (C=O) groups is 1. The summed E-state index contributed by atoms with van der Waals surface area (Å²) in [6, 6.07) is 9.26. The summed E-state index contributed by atoms with van der Waals surface area (Å²) < 4.78 is 50.3. The number of para-hydroxylation sites is 1. The number of alkyl halides is 3. The second-order valence-electron chi connectivity index (χ2n) is 5.79. The lowest BCUT2D eigenvalue weighted by molar-refractivity contribution is -0.283. The van der Waals surface area contributed by atoms with Crippen molar-refractivity contribution < 1.29 is 32.2 Å². The average Bonchev–Trinajstić information content (AvgIpc) is 3.18. The Hall–Kier alpha value is -2.65. The van der Waals surface area contributed by atoms with Gasteiger partial charge in [-0.2, -0.15) is 13.2 Å². The standard InChI is InChI=1S/C17H14ClF3N2O4/c1-10-8-16(25,17(19,20)21)23(22-10)15(24)14-7-6-11(27-14)9-26-13-5-3-2-4-12(13)18/h2-8,22,25H,9H2,1H3. The first-order chi connectivity index (χ1) is 12.6. The summed E-state index contributed by atoms with van der Waals surface area (Å²) in [6.07, 6.45) is -4.59. The van der Waals surface area contributed by atoms with Gasteiger partial charge in [-0.1, -0.05) is 23.7 Å². The zero-order valence-electron chi connectivity index (χ0n) is 13.9. The molecule has 0 spiro atoms. The maximum atomic E-state index is 13.2. The monoisotopic (exact) mass is 402 g/mol. The summed E-state index contributed by atoms with van der Waals surface area (Å²) >= 11 is 5.96. The number of amides is 1. The number of rotatable bonds is 4. The summed E-state index contributed by atoms with van der Waals surface area (Å²) in [6.45, 7) is 1.19. The van der Waals surface area contributed by atoms with E-state index in [0.29, 0.717) is 16.8 Å². The van der Waals surface area contributed by atoms with Gasteiger partial charge in [-0.05, 0) is 37.3 Å². The third kappa shape index (κ3) is 3.60. The van der Waals surface area contributed by atoms with Gasteiger partial charge in [0, 0.05) is 5.70 Å². The van der Waals surface area contributed by atoms with Crippen molar-refractivity contribution >= 4 is 17.5 Å². The minimum atomic E-state index is -5.10. The summed E-state index contributed by atoms with van der Waals surface area (Å²) in [4.78, 5) is 12.4. The number of hydrogen-bond acceptors (Lipinski definition) is 5. The first-order valence-corrected chi connectivity index (χ1v) is 8.05. The molecule has 27 heavy (non-hydrogen) atoms. The van der Waals surface area contributed by atoms with Gasteiger partial charge in [-0.15, -0.1) is 0 Å². The van der Waals surface area contributed by atoms with Crippen LogP contribution in [0.4, 0.5) is 13.2 Å². The predicted octanol–water partition coefficient (Wildman–Crippen LogP) is 3.63. The highest BCUT2D eigenvalue weighted by atomic mass is 35.5. The molecule has 1 aliphatic heterocycles. The summed E-state index contributed by atoms with van der Waals surface area (Å²) in [5, 5.41) is 10.4. The van der Waals surface area contributed by atoms with Gasteiger partial charge in [0.2, 0.25) is 0 Å². The van der Waals surface area contributed by atoms with Gasteiger partial charge in [0.25, 0.3) is 5.72 Å². The highest BCUT2D eigenvalue weighted by Gasteiger charge is 2.61. The van der Waals surface area contributed by atoms with Gasteiger partial charge in [-0.3, -0.25) is 10.2 Å². The van der Waals surface area contributed by atoms with Crippen molar-refractivity contribution in [2.75, 3.05) is 0 Å². The molecule has 0 radical (unpaired) electrons. The van der Waals surface area contributed by atoms with Gasteiger partial charge in [0.15, 0.2) is 5.76 Å². The molecular weight excluding hydrogens is 389 g/mol. The Labute approximate surface area is 156 Å². The lowest BCUT2D eigenvalue weighted by Crippen LogP contribution is -2.60. The molecule has 0 saturated heterocycles. The number of carbonyl (C=O) groups excluding carboxylic acids is 1. The molecule has 0 fully saturated rings. The molecule has 3 rings (SSSR count). The number of hydrazine groups is 1. The van der Waals surface area contributed by atoms with Crippen LogP contribution < -0.4 is 10.2 Å². The maximum Gasteiger partial charge on any atom is 0.442 e. The van der Waals surface area contributed by atoms with E-state index in [0.717, 1.165) is 0 Å². The minimum Gasteiger partial charge on any atom is -0.484 e. The molecule has 0 bridgehead atoms. The molecule has 1 aromatic heterocycles. The first-order valence-electron chi connectivity index (χ1n) is 7.67. The normalized spacial score (nSPS) is 19.6. The second kappa shape index (κ2) is 6.82. The Balaban J connectivity index is 1.74. The molecule has 2 heterocycles. The SMILES string of the molecule is CC1=CC(O)(C(F)(F)F)N(C(=O)c2ccc(COc3ccccc3Cl)o2)N1. The van der Waals surface area contributed by atoms with E-state index < -0.39 is 23.6 Å². The number of ether oxygens (including phenoxy) is 1. The molecule has 1 aromatic carbocycles. The number of halogens is 4. The predicted molar refractivity (Wildman–Crippen MR) is 88.6 cm³/mol. The molecule has 10 heteroatoms. The summed E-state index contributed by atoms with van der Waals surface area (Å²) in [5.41, 5.74) is -1.32. The van der Waals surface area contributed by atoms with E-state index in [1.807, 2.05) is 0 Å². The van der Waals surface area contributed by atoms with E-state index in [9.17, 15) is 23.1 Å². The third-order valence-corrected chi connectivity index (χ3v) is 4.06. The highest BCUT2D eigenvalue weighted by molar-refractivity contribution is 6.32. The van der Waals surface area contributed by atoms with Crippen molar-refractivity contribution in [1.29, 1.82) is 0 Å². The van der Waals surface area contributed by atoms with E-state index >= 15 is 0 Å². The Morgan fingerprint density at radius 3 is 2.70 bits per heavy atom. The molecule has 2 aromatic rings. The second-order valence-corrected chi connectivity index (χ2v) is 6.20. The molecule has 6 nitrogen and oxygen atoms in total. The lowest BCUT2D eigenvalue weighted by atomic mass is 10.2. The van der Waals surface area contributed by atoms with Crippen molar-refractivity contribution in [2.45, 2.75) is 25.4 Å². The van der Waals surface area contributed by atoms with Crippen LogP contribution in [0.2, 0.25) is 5.02 Å². The number of allylic oxidation sites excluding steroid dienone is 1. The maximum absolute atomic E-state index is 13.2. The summed E-state index contributed by atoms with van der Waals surface area (Å²) in [5.74, 6) is -1.01. The van der Waals surface area contributed by atoms with Crippen LogP contribution >= 0.6 is 11.6 Å². The van der Waals surface area contributed by atoms with E-state index in [4.69, 9.17) is 20.8 Å². The van der Waals surface area contributed by atoms with Crippen LogP contribution in [0.3, 0.4) is 0 Å². The molecular formula is C17H14ClF3N2O4. The number of nitrogens with one attached hydrogen (secondary N) is 1. The number of nitrogens with zero attached hydrogens (tertiary/aromatic N) is 1. The minimum absolute atomic E-state index is 0.0305. The van der Waals surface area contributed by atoms with Crippen LogP contribution in [-0.2, 0) is 6.61 Å². The number of furan rings is 1. The largest absolute Gasteiger partial charge is 0.484 e. The highest BCUT2D eigenvalue weighted by Crippen LogP contribution is 2.38. The molecule has 1 unspecified atom stereocenters.